The molecule has 0 bridgehead atoms. The molecule has 30 heavy (non-hydrogen) atoms. The van der Waals surface area contributed by atoms with E-state index in [1.165, 1.54) is 0 Å². The number of ether oxygens (including phenoxy) is 2. The smallest absolute Gasteiger partial charge is 0.323 e. The fraction of sp³-hybridized carbons (Fsp3) is 0.364. The Morgan fingerprint density at radius 3 is 1.47 bits per heavy atom. The van der Waals surface area contributed by atoms with Gasteiger partial charge in [0.05, 0.1) is 13.2 Å². The summed E-state index contributed by atoms with van der Waals surface area (Å²) in [4.78, 5) is 24.7. The molecule has 2 rings (SSSR count). The Morgan fingerprint density at radius 1 is 0.767 bits per heavy atom. The molecule has 0 aliphatic carbocycles. The van der Waals surface area contributed by atoms with Crippen LogP contribution >= 0.6 is 8.10 Å². The number of benzene rings is 2. The van der Waals surface area contributed by atoms with Gasteiger partial charge in [-0.1, -0.05) is 60.7 Å². The lowest BCUT2D eigenvalue weighted by molar-refractivity contribution is -0.145. The molecule has 0 unspecified atom stereocenters. The number of nitrogens with one attached hydrogen (secondary N) is 2. The molecule has 8 heteroatoms. The maximum atomic E-state index is 12.8. The zero-order chi connectivity index (χ0) is 21.8. The molecule has 0 amide bonds. The summed E-state index contributed by atoms with van der Waals surface area (Å²) in [6, 6.07) is 17.2. The first-order valence-electron chi connectivity index (χ1n) is 10.0. The molecule has 0 heterocycles. The van der Waals surface area contributed by atoms with E-state index >= 15 is 0 Å². The lowest BCUT2D eigenvalue weighted by atomic mass is 10.1. The van der Waals surface area contributed by atoms with E-state index in [1.807, 2.05) is 60.7 Å². The van der Waals surface area contributed by atoms with Crippen molar-refractivity contribution in [2.45, 2.75) is 38.8 Å². The van der Waals surface area contributed by atoms with Crippen molar-refractivity contribution in [2.24, 2.45) is 0 Å². The highest BCUT2D eigenvalue weighted by Gasteiger charge is 2.26. The van der Waals surface area contributed by atoms with Crippen molar-refractivity contribution < 1.29 is 23.6 Å². The molecule has 0 radical (unpaired) electrons. The Hall–Kier alpha value is -2.47. The third-order valence-corrected chi connectivity index (χ3v) is 5.54. The lowest BCUT2D eigenvalue weighted by Crippen LogP contribution is -2.42. The van der Waals surface area contributed by atoms with E-state index in [2.05, 4.69) is 10.2 Å². The first kappa shape index (κ1) is 23.8. The molecule has 0 saturated carbocycles. The van der Waals surface area contributed by atoms with Crippen molar-refractivity contribution in [1.82, 2.24) is 10.2 Å². The molecule has 0 fully saturated rings. The number of hydrogen-bond donors (Lipinski definition) is 2. The van der Waals surface area contributed by atoms with Gasteiger partial charge >= 0.3 is 11.9 Å². The fourth-order valence-corrected chi connectivity index (χ4v) is 4.09. The molecule has 0 spiro atoms. The summed E-state index contributed by atoms with van der Waals surface area (Å²) in [5, 5.41) is 5.63. The molecular formula is C22H29N2O5P. The number of rotatable bonds is 12. The minimum Gasteiger partial charge on any atom is -0.465 e. The van der Waals surface area contributed by atoms with Crippen molar-refractivity contribution in [3.8, 4) is 0 Å². The molecule has 2 aromatic carbocycles. The van der Waals surface area contributed by atoms with E-state index in [0.29, 0.717) is 12.8 Å². The highest BCUT2D eigenvalue weighted by atomic mass is 31.1. The van der Waals surface area contributed by atoms with Crippen LogP contribution in [0.25, 0.3) is 0 Å². The maximum Gasteiger partial charge on any atom is 0.323 e. The minimum absolute atomic E-state index is 0.222. The molecule has 2 N–H and O–H groups in total. The van der Waals surface area contributed by atoms with Gasteiger partial charge in [-0.15, -0.1) is 0 Å². The zero-order valence-electron chi connectivity index (χ0n) is 17.3. The quantitative estimate of drug-likeness (QED) is 0.393. The molecule has 7 nitrogen and oxygen atoms in total. The van der Waals surface area contributed by atoms with Crippen LogP contribution in [0.1, 0.15) is 25.0 Å². The molecular weight excluding hydrogens is 403 g/mol. The van der Waals surface area contributed by atoms with Crippen LogP contribution in [-0.2, 0) is 36.5 Å². The highest BCUT2D eigenvalue weighted by molar-refractivity contribution is 7.40. The van der Waals surface area contributed by atoms with Crippen LogP contribution in [0.5, 0.6) is 0 Å². The van der Waals surface area contributed by atoms with E-state index in [0.717, 1.165) is 11.1 Å². The third-order valence-electron chi connectivity index (χ3n) is 4.32. The van der Waals surface area contributed by atoms with Gasteiger partial charge in [0.15, 0.2) is 0 Å². The maximum absolute atomic E-state index is 12.8. The molecule has 0 aliphatic heterocycles. The average molecular weight is 432 g/mol. The third kappa shape index (κ3) is 8.11. The lowest BCUT2D eigenvalue weighted by Gasteiger charge is -2.21. The number of esters is 2. The van der Waals surface area contributed by atoms with E-state index in [1.54, 1.807) is 13.8 Å². The van der Waals surface area contributed by atoms with E-state index in [9.17, 15) is 14.2 Å². The van der Waals surface area contributed by atoms with Gasteiger partial charge in [-0.2, -0.15) is 0 Å². The van der Waals surface area contributed by atoms with Crippen LogP contribution in [0.2, 0.25) is 0 Å². The Balaban J connectivity index is 2.08. The van der Waals surface area contributed by atoms with Crippen molar-refractivity contribution in [3.63, 3.8) is 0 Å². The van der Waals surface area contributed by atoms with E-state index in [-0.39, 0.29) is 13.2 Å². The first-order valence-corrected chi connectivity index (χ1v) is 11.4. The second kappa shape index (κ2) is 13.0. The molecule has 0 aliphatic rings. The average Bonchev–Trinajstić information content (AvgIpc) is 2.74. The van der Waals surface area contributed by atoms with E-state index < -0.39 is 32.1 Å². The SMILES string of the molecule is CCOC(=O)[C@H](Cc1ccccc1)N[PH](=O)N[C@@H](Cc1ccccc1)C(=O)OCC. The molecule has 0 aromatic heterocycles. The van der Waals surface area contributed by atoms with Crippen LogP contribution in [0, 0.1) is 0 Å². The summed E-state index contributed by atoms with van der Waals surface area (Å²) in [5.41, 5.74) is 1.81. The van der Waals surface area contributed by atoms with Gasteiger partial charge in [0.1, 0.15) is 12.1 Å². The van der Waals surface area contributed by atoms with Crippen LogP contribution < -0.4 is 10.2 Å². The summed E-state index contributed by atoms with van der Waals surface area (Å²) in [6.07, 6.45) is 0.640. The Morgan fingerprint density at radius 2 is 1.13 bits per heavy atom. The van der Waals surface area contributed by atoms with Crippen molar-refractivity contribution in [3.05, 3.63) is 71.8 Å². The number of carbonyl (C=O) groups excluding carboxylic acids is 2. The van der Waals surface area contributed by atoms with Crippen molar-refractivity contribution >= 4 is 20.0 Å². The Kier molecular flexibility index (Phi) is 10.3. The van der Waals surface area contributed by atoms with Gasteiger partial charge in [-0.05, 0) is 37.8 Å². The van der Waals surface area contributed by atoms with Gasteiger partial charge < -0.3 is 9.47 Å². The monoisotopic (exact) mass is 432 g/mol. The van der Waals surface area contributed by atoms with Gasteiger partial charge in [-0.25, -0.2) is 10.2 Å². The van der Waals surface area contributed by atoms with Crippen LogP contribution in [0.15, 0.2) is 60.7 Å². The van der Waals surface area contributed by atoms with Crippen molar-refractivity contribution in [2.75, 3.05) is 13.2 Å². The van der Waals surface area contributed by atoms with Gasteiger partial charge in [0.2, 0.25) is 8.10 Å². The fourth-order valence-electron chi connectivity index (χ4n) is 2.93. The number of hydrogen-bond acceptors (Lipinski definition) is 5. The first-order chi connectivity index (χ1) is 14.5. The topological polar surface area (TPSA) is 93.7 Å². The second-order valence-electron chi connectivity index (χ2n) is 6.61. The molecule has 0 saturated heterocycles. The Bertz CT molecular complexity index is 749. The van der Waals surface area contributed by atoms with Crippen LogP contribution in [0.4, 0.5) is 0 Å². The standard InChI is InChI=1S/C22H29N2O5P/c1-3-28-21(25)19(15-17-11-7-5-8-12-17)23-30(27)24-20(22(26)29-4-2)16-18-13-9-6-10-14-18/h5-14,19-20,30H,3-4,15-16H2,1-2H3,(H2,23,24,27)/t19-,20-/m0/s1. The summed E-state index contributed by atoms with van der Waals surface area (Å²) in [6.45, 7) is 3.88. The highest BCUT2D eigenvalue weighted by Crippen LogP contribution is 2.17. The Labute approximate surface area is 178 Å². The summed E-state index contributed by atoms with van der Waals surface area (Å²) in [5.74, 6) is -0.977. The minimum atomic E-state index is -2.70. The van der Waals surface area contributed by atoms with Gasteiger partial charge in [0.25, 0.3) is 0 Å². The number of carbonyl (C=O) groups is 2. The zero-order valence-corrected chi connectivity index (χ0v) is 18.3. The molecule has 2 aromatic rings. The van der Waals surface area contributed by atoms with Gasteiger partial charge in [0, 0.05) is 0 Å². The molecule has 2 atom stereocenters. The normalized spacial score (nSPS) is 12.9. The summed E-state index contributed by atoms with van der Waals surface area (Å²) in [7, 11) is -2.70. The van der Waals surface area contributed by atoms with Crippen LogP contribution in [0.3, 0.4) is 0 Å². The van der Waals surface area contributed by atoms with Gasteiger partial charge in [-0.3, -0.25) is 14.2 Å². The van der Waals surface area contributed by atoms with Crippen LogP contribution in [-0.4, -0.2) is 37.2 Å². The van der Waals surface area contributed by atoms with Crippen molar-refractivity contribution in [1.29, 1.82) is 0 Å². The van der Waals surface area contributed by atoms with E-state index in [4.69, 9.17) is 9.47 Å². The predicted molar refractivity (Wildman–Crippen MR) is 116 cm³/mol. The summed E-state index contributed by atoms with van der Waals surface area (Å²) >= 11 is 0. The second-order valence-corrected chi connectivity index (χ2v) is 7.84. The summed E-state index contributed by atoms with van der Waals surface area (Å²) < 4.78 is 23.0. The molecule has 162 valence electrons. The predicted octanol–water partition coefficient (Wildman–Crippen LogP) is 2.90. The largest absolute Gasteiger partial charge is 0.465 e.